The molecule has 2 nitrogen and oxygen atoms in total. The van der Waals surface area contributed by atoms with E-state index in [-0.39, 0.29) is 0 Å². The molecule has 0 unspecified atom stereocenters. The summed E-state index contributed by atoms with van der Waals surface area (Å²) in [6.45, 7) is 0. The maximum absolute atomic E-state index is 5.68. The maximum Gasteiger partial charge on any atom is 0.126 e. The van der Waals surface area contributed by atoms with E-state index in [4.69, 9.17) is 5.73 Å². The van der Waals surface area contributed by atoms with E-state index in [0.29, 0.717) is 5.82 Å². The van der Waals surface area contributed by atoms with Crippen molar-refractivity contribution >= 4 is 21.7 Å². The lowest BCUT2D eigenvalue weighted by Gasteiger charge is -2.02. The molecule has 0 saturated carbocycles. The fourth-order valence-electron chi connectivity index (χ4n) is 1.07. The van der Waals surface area contributed by atoms with Crippen LogP contribution in [0.4, 0.5) is 5.82 Å². The summed E-state index contributed by atoms with van der Waals surface area (Å²) >= 11 is 3.39. The molecular formula is C9H13BrN2. The number of nitrogens with two attached hydrogens (primary N) is 1. The van der Waals surface area contributed by atoms with E-state index in [0.717, 1.165) is 11.8 Å². The van der Waals surface area contributed by atoms with Gasteiger partial charge in [-0.25, -0.2) is 4.98 Å². The van der Waals surface area contributed by atoms with Gasteiger partial charge in [0.25, 0.3) is 0 Å². The van der Waals surface area contributed by atoms with Gasteiger partial charge in [0, 0.05) is 11.5 Å². The van der Waals surface area contributed by atoms with Gasteiger partial charge < -0.3 is 5.73 Å². The summed E-state index contributed by atoms with van der Waals surface area (Å²) in [7, 11) is 0. The van der Waals surface area contributed by atoms with Gasteiger partial charge >= 0.3 is 0 Å². The quantitative estimate of drug-likeness (QED) is 0.635. The van der Waals surface area contributed by atoms with Crippen LogP contribution < -0.4 is 5.73 Å². The Morgan fingerprint density at radius 2 is 2.25 bits per heavy atom. The number of nitrogen functional groups attached to an aromatic ring is 1. The molecule has 0 radical (unpaired) electrons. The van der Waals surface area contributed by atoms with Crippen LogP contribution in [0.25, 0.3) is 0 Å². The average molecular weight is 229 g/mol. The molecule has 1 heterocycles. The Bertz CT molecular complexity index is 238. The lowest BCUT2D eigenvalue weighted by molar-refractivity contribution is 0.805. The van der Waals surface area contributed by atoms with Gasteiger partial charge in [0.1, 0.15) is 5.82 Å². The van der Waals surface area contributed by atoms with Crippen molar-refractivity contribution in [3.05, 3.63) is 23.9 Å². The molecule has 1 aromatic rings. The Hall–Kier alpha value is -0.570. The minimum absolute atomic E-state index is 0.673. The van der Waals surface area contributed by atoms with Gasteiger partial charge in [-0.15, -0.1) is 0 Å². The summed E-state index contributed by atoms with van der Waals surface area (Å²) in [5.74, 6) is 0.673. The number of pyridine rings is 1. The predicted octanol–water partition coefficient (Wildman–Crippen LogP) is 2.38. The molecule has 12 heavy (non-hydrogen) atoms. The van der Waals surface area contributed by atoms with Crippen LogP contribution in [0.15, 0.2) is 18.3 Å². The molecule has 0 saturated heterocycles. The van der Waals surface area contributed by atoms with Gasteiger partial charge in [-0.2, -0.15) is 0 Å². The van der Waals surface area contributed by atoms with Gasteiger partial charge in [0.05, 0.1) is 0 Å². The largest absolute Gasteiger partial charge is 0.383 e. The topological polar surface area (TPSA) is 38.9 Å². The van der Waals surface area contributed by atoms with Crippen LogP contribution in [0.3, 0.4) is 0 Å². The Morgan fingerprint density at radius 1 is 1.42 bits per heavy atom. The highest BCUT2D eigenvalue weighted by atomic mass is 79.9. The van der Waals surface area contributed by atoms with Crippen LogP contribution in [-0.2, 0) is 6.42 Å². The van der Waals surface area contributed by atoms with Crippen LogP contribution >= 0.6 is 15.9 Å². The third-order valence-corrected chi connectivity index (χ3v) is 2.32. The molecule has 0 amide bonds. The third kappa shape index (κ3) is 2.81. The van der Waals surface area contributed by atoms with Crippen molar-refractivity contribution in [3.63, 3.8) is 0 Å². The molecule has 1 rings (SSSR count). The summed E-state index contributed by atoms with van der Waals surface area (Å²) in [5.41, 5.74) is 6.85. The summed E-state index contributed by atoms with van der Waals surface area (Å²) in [6, 6.07) is 3.97. The van der Waals surface area contributed by atoms with Gasteiger partial charge in [-0.3, -0.25) is 0 Å². The van der Waals surface area contributed by atoms with Crippen molar-refractivity contribution in [1.82, 2.24) is 4.98 Å². The molecule has 0 bridgehead atoms. The minimum atomic E-state index is 0.673. The van der Waals surface area contributed by atoms with Crippen LogP contribution in [-0.4, -0.2) is 10.3 Å². The number of rotatable bonds is 4. The van der Waals surface area contributed by atoms with Gasteiger partial charge in [-0.05, 0) is 30.9 Å². The number of nitrogens with zero attached hydrogens (tertiary/aromatic N) is 1. The van der Waals surface area contributed by atoms with E-state index in [1.807, 2.05) is 12.1 Å². The molecule has 0 aliphatic heterocycles. The van der Waals surface area contributed by atoms with Crippen molar-refractivity contribution in [1.29, 1.82) is 0 Å². The molecule has 2 N–H and O–H groups in total. The highest BCUT2D eigenvalue weighted by Crippen LogP contribution is 2.10. The van der Waals surface area contributed by atoms with E-state index >= 15 is 0 Å². The Morgan fingerprint density at radius 3 is 2.92 bits per heavy atom. The first-order valence-electron chi connectivity index (χ1n) is 4.10. The molecule has 0 aromatic carbocycles. The Balaban J connectivity index is 2.46. The Kier molecular flexibility index (Phi) is 4.08. The molecule has 1 aromatic heterocycles. The van der Waals surface area contributed by atoms with Crippen molar-refractivity contribution in [2.45, 2.75) is 19.3 Å². The van der Waals surface area contributed by atoms with E-state index in [1.54, 1.807) is 6.20 Å². The highest BCUT2D eigenvalue weighted by Gasteiger charge is 1.97. The number of halogens is 1. The first-order valence-corrected chi connectivity index (χ1v) is 5.22. The van der Waals surface area contributed by atoms with Gasteiger partial charge in [0.15, 0.2) is 0 Å². The standard InChI is InChI=1S/C9H13BrN2/c10-6-2-1-4-8-5-3-7-12-9(8)11/h3,5,7H,1-2,4,6H2,(H2,11,12). The van der Waals surface area contributed by atoms with Crippen molar-refractivity contribution in [2.75, 3.05) is 11.1 Å². The van der Waals surface area contributed by atoms with Crippen LogP contribution in [0.5, 0.6) is 0 Å². The van der Waals surface area contributed by atoms with Gasteiger partial charge in [-0.1, -0.05) is 22.0 Å². The molecule has 0 aliphatic rings. The number of aryl methyl sites for hydroxylation is 1. The summed E-state index contributed by atoms with van der Waals surface area (Å²) < 4.78 is 0. The number of alkyl halides is 1. The van der Waals surface area contributed by atoms with E-state index in [9.17, 15) is 0 Å². The van der Waals surface area contributed by atoms with Gasteiger partial charge in [0.2, 0.25) is 0 Å². The third-order valence-electron chi connectivity index (χ3n) is 1.76. The normalized spacial score (nSPS) is 10.1. The molecular weight excluding hydrogens is 216 g/mol. The molecule has 0 aliphatic carbocycles. The number of unbranched alkanes of at least 4 members (excludes halogenated alkanes) is 1. The first-order chi connectivity index (χ1) is 5.84. The molecule has 0 fully saturated rings. The zero-order valence-corrected chi connectivity index (χ0v) is 8.55. The van der Waals surface area contributed by atoms with Crippen molar-refractivity contribution in [2.24, 2.45) is 0 Å². The van der Waals surface area contributed by atoms with E-state index in [1.165, 1.54) is 18.4 Å². The maximum atomic E-state index is 5.68. The lowest BCUT2D eigenvalue weighted by Crippen LogP contribution is -1.96. The summed E-state index contributed by atoms with van der Waals surface area (Å²) in [6.07, 6.45) is 5.12. The lowest BCUT2D eigenvalue weighted by atomic mass is 10.1. The smallest absolute Gasteiger partial charge is 0.126 e. The average Bonchev–Trinajstić information content (AvgIpc) is 2.09. The Labute approximate surface area is 81.3 Å². The second kappa shape index (κ2) is 5.14. The number of hydrogen-bond acceptors (Lipinski definition) is 2. The second-order valence-corrected chi connectivity index (χ2v) is 3.49. The number of aromatic nitrogens is 1. The van der Waals surface area contributed by atoms with Crippen molar-refractivity contribution < 1.29 is 0 Å². The zero-order chi connectivity index (χ0) is 8.81. The summed E-state index contributed by atoms with van der Waals surface area (Å²) in [4.78, 5) is 4.02. The second-order valence-electron chi connectivity index (χ2n) is 2.69. The molecule has 66 valence electrons. The van der Waals surface area contributed by atoms with E-state index < -0.39 is 0 Å². The highest BCUT2D eigenvalue weighted by molar-refractivity contribution is 9.09. The van der Waals surface area contributed by atoms with E-state index in [2.05, 4.69) is 20.9 Å². The predicted molar refractivity (Wildman–Crippen MR) is 55.4 cm³/mol. The number of anilines is 1. The first kappa shape index (κ1) is 9.52. The molecule has 3 heteroatoms. The fraction of sp³-hybridized carbons (Fsp3) is 0.444. The fourth-order valence-corrected chi connectivity index (χ4v) is 1.47. The minimum Gasteiger partial charge on any atom is -0.383 e. The van der Waals surface area contributed by atoms with Crippen LogP contribution in [0.1, 0.15) is 18.4 Å². The number of hydrogen-bond donors (Lipinski definition) is 1. The summed E-state index contributed by atoms with van der Waals surface area (Å²) in [5, 5.41) is 1.06. The van der Waals surface area contributed by atoms with Crippen LogP contribution in [0.2, 0.25) is 0 Å². The molecule has 0 spiro atoms. The zero-order valence-electron chi connectivity index (χ0n) is 6.96. The monoisotopic (exact) mass is 228 g/mol. The van der Waals surface area contributed by atoms with Crippen molar-refractivity contribution in [3.8, 4) is 0 Å². The molecule has 0 atom stereocenters. The SMILES string of the molecule is Nc1ncccc1CCCCBr. The van der Waals surface area contributed by atoms with Crippen LogP contribution in [0, 0.1) is 0 Å².